The number of carboxylic acid groups (broad SMARTS) is 1. The largest absolute Gasteiger partial charge is 0.478 e. The molecule has 1 heterocycles. The molecule has 0 fully saturated rings. The number of aromatic nitrogens is 1. The van der Waals surface area contributed by atoms with Crippen LogP contribution in [0, 0.1) is 0 Å². The molecule has 0 spiro atoms. The van der Waals surface area contributed by atoms with E-state index in [0.717, 1.165) is 0 Å². The molecule has 0 aliphatic heterocycles. The summed E-state index contributed by atoms with van der Waals surface area (Å²) >= 11 is 0. The summed E-state index contributed by atoms with van der Waals surface area (Å²) in [6.07, 6.45) is 2.57. The van der Waals surface area contributed by atoms with Crippen LogP contribution >= 0.6 is 0 Å². The molecule has 1 rings (SSSR count). The van der Waals surface area contributed by atoms with Gasteiger partial charge in [0.15, 0.2) is 0 Å². The fraction of sp³-hybridized carbons (Fsp3) is 0.273. The van der Waals surface area contributed by atoms with Gasteiger partial charge in [0.05, 0.1) is 24.0 Å². The maximum atomic E-state index is 11.6. The Morgan fingerprint density at radius 2 is 2.11 bits per heavy atom. The van der Waals surface area contributed by atoms with Gasteiger partial charge >= 0.3 is 5.97 Å². The van der Waals surface area contributed by atoms with Crippen molar-refractivity contribution >= 4 is 23.5 Å². The zero-order valence-electron chi connectivity index (χ0n) is 10.0. The first-order chi connectivity index (χ1) is 8.41. The van der Waals surface area contributed by atoms with Gasteiger partial charge in [0.25, 0.3) is 0 Å². The van der Waals surface area contributed by atoms with E-state index in [1.807, 2.05) is 0 Å². The van der Waals surface area contributed by atoms with Gasteiger partial charge in [-0.1, -0.05) is 0 Å². The van der Waals surface area contributed by atoms with E-state index in [1.165, 1.54) is 37.3 Å². The molecular weight excluding hydrogens is 238 g/mol. The first-order valence-corrected chi connectivity index (χ1v) is 5.10. The molecule has 0 saturated carbocycles. The highest BCUT2D eigenvalue weighted by Gasteiger charge is 2.14. The molecule has 18 heavy (non-hydrogen) atoms. The van der Waals surface area contributed by atoms with Crippen LogP contribution in [0.5, 0.6) is 0 Å². The second-order valence-electron chi connectivity index (χ2n) is 3.65. The van der Waals surface area contributed by atoms with Crippen LogP contribution in [-0.4, -0.2) is 46.4 Å². The first-order valence-electron chi connectivity index (χ1n) is 5.10. The molecule has 1 aromatic heterocycles. The summed E-state index contributed by atoms with van der Waals surface area (Å²) in [6, 6.07) is 1.28. The molecule has 96 valence electrons. The van der Waals surface area contributed by atoms with Crippen molar-refractivity contribution in [2.75, 3.05) is 18.9 Å². The van der Waals surface area contributed by atoms with Gasteiger partial charge in [-0.05, 0) is 6.07 Å². The molecule has 0 saturated heterocycles. The maximum Gasteiger partial charge on any atom is 0.337 e. The van der Waals surface area contributed by atoms with Gasteiger partial charge < -0.3 is 15.3 Å². The van der Waals surface area contributed by atoms with E-state index < -0.39 is 11.9 Å². The van der Waals surface area contributed by atoms with Crippen LogP contribution in [0.4, 0.5) is 5.69 Å². The minimum absolute atomic E-state index is 0.0520. The molecule has 0 atom stereocenters. The molecule has 7 heteroatoms. The van der Waals surface area contributed by atoms with Crippen molar-refractivity contribution in [3.05, 3.63) is 24.0 Å². The van der Waals surface area contributed by atoms with Gasteiger partial charge in [-0.3, -0.25) is 14.6 Å². The smallest absolute Gasteiger partial charge is 0.337 e. The van der Waals surface area contributed by atoms with Crippen molar-refractivity contribution < 1.29 is 19.5 Å². The number of aromatic carboxylic acids is 1. The van der Waals surface area contributed by atoms with Crippen LogP contribution in [0.25, 0.3) is 0 Å². The van der Waals surface area contributed by atoms with Crippen molar-refractivity contribution in [3.8, 4) is 0 Å². The lowest BCUT2D eigenvalue weighted by molar-refractivity contribution is -0.131. The standard InChI is InChI=1S/C11H13N3O4/c1-7(15)14(2)6-10(16)13-9-5-12-4-3-8(9)11(17)18/h3-5H,6H2,1-2H3,(H,13,16)(H,17,18). The Hall–Kier alpha value is -2.44. The van der Waals surface area contributed by atoms with E-state index in [1.54, 1.807) is 0 Å². The normalized spacial score (nSPS) is 9.67. The monoisotopic (exact) mass is 251 g/mol. The van der Waals surface area contributed by atoms with Crippen molar-refractivity contribution in [3.63, 3.8) is 0 Å². The first kappa shape index (κ1) is 13.6. The Morgan fingerprint density at radius 1 is 1.44 bits per heavy atom. The average molecular weight is 251 g/mol. The SMILES string of the molecule is CC(=O)N(C)CC(=O)Nc1cnccc1C(=O)O. The van der Waals surface area contributed by atoms with Gasteiger partial charge in [-0.15, -0.1) is 0 Å². The number of rotatable bonds is 4. The number of anilines is 1. The van der Waals surface area contributed by atoms with Crippen LogP contribution in [-0.2, 0) is 9.59 Å². The van der Waals surface area contributed by atoms with Gasteiger partial charge in [-0.2, -0.15) is 0 Å². The van der Waals surface area contributed by atoms with Crippen LogP contribution in [0.1, 0.15) is 17.3 Å². The molecule has 0 aliphatic carbocycles. The van der Waals surface area contributed by atoms with Gasteiger partial charge in [0.1, 0.15) is 0 Å². The number of amides is 2. The van der Waals surface area contributed by atoms with Gasteiger partial charge in [0, 0.05) is 20.2 Å². The zero-order chi connectivity index (χ0) is 13.7. The Labute approximate surface area is 103 Å². The summed E-state index contributed by atoms with van der Waals surface area (Å²) < 4.78 is 0. The number of nitrogens with one attached hydrogen (secondary N) is 1. The quantitative estimate of drug-likeness (QED) is 0.796. The molecule has 1 aromatic rings. The lowest BCUT2D eigenvalue weighted by Gasteiger charge is -2.14. The number of carboxylic acids is 1. The molecular formula is C11H13N3O4. The van der Waals surface area contributed by atoms with Crippen LogP contribution < -0.4 is 5.32 Å². The number of nitrogens with zero attached hydrogens (tertiary/aromatic N) is 2. The summed E-state index contributed by atoms with van der Waals surface area (Å²) in [4.78, 5) is 38.4. The van der Waals surface area contributed by atoms with Gasteiger partial charge in [-0.25, -0.2) is 4.79 Å². The predicted molar refractivity (Wildman–Crippen MR) is 63.1 cm³/mol. The van der Waals surface area contributed by atoms with Crippen molar-refractivity contribution in [2.24, 2.45) is 0 Å². The van der Waals surface area contributed by atoms with Gasteiger partial charge in [0.2, 0.25) is 11.8 Å². The van der Waals surface area contributed by atoms with E-state index in [-0.39, 0.29) is 23.7 Å². The van der Waals surface area contributed by atoms with Crippen LogP contribution in [0.2, 0.25) is 0 Å². The topological polar surface area (TPSA) is 99.6 Å². The molecule has 0 aliphatic rings. The van der Waals surface area contributed by atoms with Crippen LogP contribution in [0.15, 0.2) is 18.5 Å². The second-order valence-corrected chi connectivity index (χ2v) is 3.65. The maximum absolute atomic E-state index is 11.6. The van der Waals surface area contributed by atoms with E-state index in [9.17, 15) is 14.4 Å². The van der Waals surface area contributed by atoms with E-state index >= 15 is 0 Å². The molecule has 0 unspecified atom stereocenters. The van der Waals surface area contributed by atoms with Crippen molar-refractivity contribution in [2.45, 2.75) is 6.92 Å². The summed E-state index contributed by atoms with van der Waals surface area (Å²) in [6.45, 7) is 1.18. The molecule has 2 N–H and O–H groups in total. The average Bonchev–Trinajstić information content (AvgIpc) is 2.28. The third-order valence-electron chi connectivity index (χ3n) is 2.24. The number of likely N-dealkylation sites (N-methyl/N-ethyl adjacent to an activating group) is 1. The fourth-order valence-electron chi connectivity index (χ4n) is 1.20. The molecule has 0 aromatic carbocycles. The fourth-order valence-corrected chi connectivity index (χ4v) is 1.20. The van der Waals surface area contributed by atoms with E-state index in [4.69, 9.17) is 5.11 Å². The summed E-state index contributed by atoms with van der Waals surface area (Å²) in [7, 11) is 1.48. The van der Waals surface area contributed by atoms with E-state index in [2.05, 4.69) is 10.3 Å². The summed E-state index contributed by atoms with van der Waals surface area (Å²) in [5.74, 6) is -1.90. The highest BCUT2D eigenvalue weighted by Crippen LogP contribution is 2.12. The highest BCUT2D eigenvalue weighted by atomic mass is 16.4. The minimum atomic E-state index is -1.16. The summed E-state index contributed by atoms with van der Waals surface area (Å²) in [5, 5.41) is 11.3. The Kier molecular flexibility index (Phi) is 4.36. The predicted octanol–water partition coefficient (Wildman–Crippen LogP) is 0.197. The molecule has 0 bridgehead atoms. The third kappa shape index (κ3) is 3.55. The number of hydrogen-bond acceptors (Lipinski definition) is 4. The lowest BCUT2D eigenvalue weighted by Crippen LogP contribution is -2.33. The molecule has 0 radical (unpaired) electrons. The Bertz CT molecular complexity index is 487. The Morgan fingerprint density at radius 3 is 2.67 bits per heavy atom. The number of hydrogen-bond donors (Lipinski definition) is 2. The molecule has 7 nitrogen and oxygen atoms in total. The highest BCUT2D eigenvalue weighted by molar-refractivity contribution is 6.01. The summed E-state index contributed by atoms with van der Waals surface area (Å²) in [5.41, 5.74) is 0.0516. The minimum Gasteiger partial charge on any atom is -0.478 e. The number of carbonyl (C=O) groups is 3. The third-order valence-corrected chi connectivity index (χ3v) is 2.24. The van der Waals surface area contributed by atoms with Crippen molar-refractivity contribution in [1.82, 2.24) is 9.88 Å². The lowest BCUT2D eigenvalue weighted by atomic mass is 10.2. The van der Waals surface area contributed by atoms with Crippen LogP contribution in [0.3, 0.4) is 0 Å². The zero-order valence-corrected chi connectivity index (χ0v) is 10.0. The van der Waals surface area contributed by atoms with Crippen molar-refractivity contribution in [1.29, 1.82) is 0 Å². The second kappa shape index (κ2) is 5.76. The van der Waals surface area contributed by atoms with E-state index in [0.29, 0.717) is 0 Å². The molecule has 2 amide bonds. The Balaban J connectivity index is 2.76. The number of carbonyl (C=O) groups excluding carboxylic acids is 2. The number of pyridine rings is 1.